The summed E-state index contributed by atoms with van der Waals surface area (Å²) in [6.45, 7) is 0. The van der Waals surface area contributed by atoms with Crippen molar-refractivity contribution in [2.75, 3.05) is 0 Å². The molecule has 0 aromatic heterocycles. The molecule has 0 aliphatic carbocycles. The molecule has 2 aromatic rings. The number of primary amides is 2. The van der Waals surface area contributed by atoms with E-state index in [-0.39, 0.29) is 22.3 Å². The van der Waals surface area contributed by atoms with Gasteiger partial charge in [0.15, 0.2) is 6.29 Å². The minimum absolute atomic E-state index is 0.0694. The normalized spacial score (nSPS) is 10.6. The van der Waals surface area contributed by atoms with Crippen molar-refractivity contribution in [1.82, 2.24) is 0 Å². The van der Waals surface area contributed by atoms with Crippen molar-refractivity contribution in [2.24, 2.45) is 11.5 Å². The van der Waals surface area contributed by atoms with Gasteiger partial charge in [-0.05, 0) is 17.7 Å². The van der Waals surface area contributed by atoms with Gasteiger partial charge in [0.05, 0.1) is 0 Å². The summed E-state index contributed by atoms with van der Waals surface area (Å²) >= 11 is 0. The molecule has 108 valence electrons. The van der Waals surface area contributed by atoms with E-state index in [2.05, 4.69) is 0 Å². The van der Waals surface area contributed by atoms with E-state index in [1.54, 1.807) is 18.2 Å². The number of carbonyl (C=O) groups excluding carboxylic acids is 2. The molecule has 6 nitrogen and oxygen atoms in total. The van der Waals surface area contributed by atoms with Gasteiger partial charge in [0.2, 0.25) is 11.8 Å². The fraction of sp³-hybridized carbons (Fsp3) is 0.0667. The van der Waals surface area contributed by atoms with E-state index in [4.69, 9.17) is 11.5 Å². The first-order valence-corrected chi connectivity index (χ1v) is 6.11. The quantitative estimate of drug-likeness (QED) is 0.611. The summed E-state index contributed by atoms with van der Waals surface area (Å²) in [5, 5.41) is 19.0. The highest BCUT2D eigenvalue weighted by Crippen LogP contribution is 2.33. The van der Waals surface area contributed by atoms with Gasteiger partial charge in [0.1, 0.15) is 0 Å². The molecule has 0 aliphatic rings. The minimum atomic E-state index is -1.82. The third-order valence-corrected chi connectivity index (χ3v) is 3.10. The third kappa shape index (κ3) is 2.76. The average Bonchev–Trinajstić information content (AvgIpc) is 2.46. The summed E-state index contributed by atoms with van der Waals surface area (Å²) in [6, 6.07) is 10.7. The number of aliphatic hydroxyl groups is 2. The molecule has 0 heterocycles. The zero-order valence-corrected chi connectivity index (χ0v) is 11.0. The molecule has 0 bridgehead atoms. The van der Waals surface area contributed by atoms with Crippen LogP contribution in [0.5, 0.6) is 0 Å². The van der Waals surface area contributed by atoms with Crippen LogP contribution < -0.4 is 11.5 Å². The summed E-state index contributed by atoms with van der Waals surface area (Å²) in [4.78, 5) is 23.1. The number of hydrogen-bond donors (Lipinski definition) is 4. The maximum Gasteiger partial charge on any atom is 0.249 e. The Balaban J connectivity index is 2.85. The second kappa shape index (κ2) is 5.74. The van der Waals surface area contributed by atoms with Gasteiger partial charge >= 0.3 is 0 Å². The Bertz CT molecular complexity index is 711. The zero-order valence-electron chi connectivity index (χ0n) is 11.0. The minimum Gasteiger partial charge on any atom is -0.366 e. The van der Waals surface area contributed by atoms with Gasteiger partial charge < -0.3 is 21.7 Å². The lowest BCUT2D eigenvalue weighted by Gasteiger charge is -2.16. The van der Waals surface area contributed by atoms with Gasteiger partial charge in [-0.3, -0.25) is 9.59 Å². The number of benzene rings is 2. The van der Waals surface area contributed by atoms with Crippen LogP contribution in [0, 0.1) is 0 Å². The van der Waals surface area contributed by atoms with Crippen LogP contribution in [0.3, 0.4) is 0 Å². The van der Waals surface area contributed by atoms with Gasteiger partial charge in [0.25, 0.3) is 0 Å². The zero-order chi connectivity index (χ0) is 15.6. The number of rotatable bonds is 4. The number of carbonyl (C=O) groups is 2. The molecule has 0 aliphatic heterocycles. The number of nitrogens with two attached hydrogens (primary N) is 2. The summed E-state index contributed by atoms with van der Waals surface area (Å²) in [6.07, 6.45) is -1.82. The topological polar surface area (TPSA) is 127 Å². The first-order valence-electron chi connectivity index (χ1n) is 6.11. The van der Waals surface area contributed by atoms with Crippen LogP contribution in [0.1, 0.15) is 32.6 Å². The Morgan fingerprint density at radius 3 is 2.00 bits per heavy atom. The fourth-order valence-corrected chi connectivity index (χ4v) is 2.21. The number of aliphatic hydroxyl groups excluding tert-OH is 1. The molecule has 0 saturated heterocycles. The van der Waals surface area contributed by atoms with E-state index >= 15 is 0 Å². The Labute approximate surface area is 120 Å². The van der Waals surface area contributed by atoms with Gasteiger partial charge in [-0.2, -0.15) is 0 Å². The lowest BCUT2D eigenvalue weighted by molar-refractivity contribution is -0.0420. The van der Waals surface area contributed by atoms with Gasteiger partial charge in [0, 0.05) is 22.3 Å². The van der Waals surface area contributed by atoms with E-state index in [9.17, 15) is 19.8 Å². The van der Waals surface area contributed by atoms with Crippen molar-refractivity contribution in [2.45, 2.75) is 6.29 Å². The van der Waals surface area contributed by atoms with E-state index in [1.807, 2.05) is 0 Å². The molecule has 0 spiro atoms. The Hall–Kier alpha value is -2.70. The molecular formula is C15H14N2O4. The molecule has 2 aromatic carbocycles. The Kier molecular flexibility index (Phi) is 4.02. The second-order valence-electron chi connectivity index (χ2n) is 4.42. The van der Waals surface area contributed by atoms with E-state index in [0.29, 0.717) is 5.56 Å². The van der Waals surface area contributed by atoms with Crippen molar-refractivity contribution in [1.29, 1.82) is 0 Å². The first-order chi connectivity index (χ1) is 9.93. The van der Waals surface area contributed by atoms with Crippen LogP contribution in [0.15, 0.2) is 42.5 Å². The molecular weight excluding hydrogens is 272 g/mol. The maximum absolute atomic E-state index is 11.6. The fourth-order valence-electron chi connectivity index (χ4n) is 2.21. The van der Waals surface area contributed by atoms with Crippen molar-refractivity contribution >= 4 is 11.8 Å². The van der Waals surface area contributed by atoms with E-state index in [1.165, 1.54) is 24.3 Å². The van der Waals surface area contributed by atoms with Crippen LogP contribution in [0.25, 0.3) is 11.1 Å². The Morgan fingerprint density at radius 2 is 1.43 bits per heavy atom. The molecule has 2 amide bonds. The number of hydrogen-bond acceptors (Lipinski definition) is 4. The van der Waals surface area contributed by atoms with Crippen LogP contribution >= 0.6 is 0 Å². The van der Waals surface area contributed by atoms with Crippen molar-refractivity contribution in [3.63, 3.8) is 0 Å². The SMILES string of the molecule is NC(=O)c1ccccc1-c1c(C(N)=O)cccc1C(O)O. The summed E-state index contributed by atoms with van der Waals surface area (Å²) in [5.74, 6) is -1.44. The molecule has 0 unspecified atom stereocenters. The highest BCUT2D eigenvalue weighted by molar-refractivity contribution is 6.06. The lowest BCUT2D eigenvalue weighted by atomic mass is 9.90. The van der Waals surface area contributed by atoms with Gasteiger partial charge in [-0.25, -0.2) is 0 Å². The molecule has 6 N–H and O–H groups in total. The van der Waals surface area contributed by atoms with E-state index < -0.39 is 18.1 Å². The first kappa shape index (κ1) is 14.7. The Morgan fingerprint density at radius 1 is 0.857 bits per heavy atom. The standard InChI is InChI=1S/C15H14N2O4/c16-13(18)9-5-2-1-4-8(9)12-10(14(17)19)6-3-7-11(12)15(20)21/h1-7,15,20-21H,(H2,16,18)(H2,17,19). The largest absolute Gasteiger partial charge is 0.366 e. The molecule has 0 fully saturated rings. The molecule has 21 heavy (non-hydrogen) atoms. The summed E-state index contributed by atoms with van der Waals surface area (Å²) in [7, 11) is 0. The summed E-state index contributed by atoms with van der Waals surface area (Å²) in [5.41, 5.74) is 11.5. The number of amides is 2. The maximum atomic E-state index is 11.6. The highest BCUT2D eigenvalue weighted by atomic mass is 16.5. The monoisotopic (exact) mass is 286 g/mol. The second-order valence-corrected chi connectivity index (χ2v) is 4.42. The average molecular weight is 286 g/mol. The molecule has 6 heteroatoms. The molecule has 0 saturated carbocycles. The molecule has 0 radical (unpaired) electrons. The smallest absolute Gasteiger partial charge is 0.249 e. The molecule has 2 rings (SSSR count). The highest BCUT2D eigenvalue weighted by Gasteiger charge is 2.21. The van der Waals surface area contributed by atoms with E-state index in [0.717, 1.165) is 0 Å². The van der Waals surface area contributed by atoms with Crippen molar-refractivity contribution in [3.8, 4) is 11.1 Å². The van der Waals surface area contributed by atoms with Crippen LogP contribution in [0.4, 0.5) is 0 Å². The predicted octanol–water partition coefficient (Wildman–Crippen LogP) is 0.535. The van der Waals surface area contributed by atoms with Gasteiger partial charge in [-0.1, -0.05) is 30.3 Å². The van der Waals surface area contributed by atoms with Crippen LogP contribution in [-0.4, -0.2) is 22.0 Å². The summed E-state index contributed by atoms with van der Waals surface area (Å²) < 4.78 is 0. The third-order valence-electron chi connectivity index (χ3n) is 3.10. The van der Waals surface area contributed by atoms with Crippen molar-refractivity contribution in [3.05, 3.63) is 59.2 Å². The predicted molar refractivity (Wildman–Crippen MR) is 76.1 cm³/mol. The van der Waals surface area contributed by atoms with Crippen LogP contribution in [0.2, 0.25) is 0 Å². The van der Waals surface area contributed by atoms with Gasteiger partial charge in [-0.15, -0.1) is 0 Å². The van der Waals surface area contributed by atoms with Crippen LogP contribution in [-0.2, 0) is 0 Å². The van der Waals surface area contributed by atoms with Crippen molar-refractivity contribution < 1.29 is 19.8 Å². The molecule has 0 atom stereocenters. The lowest BCUT2D eigenvalue weighted by Crippen LogP contribution is -2.17.